The lowest BCUT2D eigenvalue weighted by molar-refractivity contribution is -0.138. The summed E-state index contributed by atoms with van der Waals surface area (Å²) in [6.45, 7) is 0. The van der Waals surface area contributed by atoms with E-state index in [4.69, 9.17) is 0 Å². The van der Waals surface area contributed by atoms with Gasteiger partial charge in [-0.2, -0.15) is 13.2 Å². The number of aromatic carboxylic acids is 1. The largest absolute Gasteiger partial charge is 0.478 e. The molecule has 1 aliphatic heterocycles. The number of nitrogens with one attached hydrogen (secondary N) is 1. The molecule has 0 spiro atoms. The number of anilines is 1. The van der Waals surface area contributed by atoms with Crippen LogP contribution in [0.4, 0.5) is 18.9 Å². The van der Waals surface area contributed by atoms with Crippen LogP contribution in [0, 0.1) is 17.8 Å². The first-order valence-corrected chi connectivity index (χ1v) is 9.64. The Bertz CT molecular complexity index is 955. The van der Waals surface area contributed by atoms with Crippen LogP contribution in [0.1, 0.15) is 58.3 Å². The Labute approximate surface area is 160 Å². The van der Waals surface area contributed by atoms with Crippen molar-refractivity contribution in [3.05, 3.63) is 64.7 Å². The van der Waals surface area contributed by atoms with E-state index in [9.17, 15) is 23.1 Å². The fourth-order valence-electron chi connectivity index (χ4n) is 5.95. The predicted molar refractivity (Wildman–Crippen MR) is 98.3 cm³/mol. The van der Waals surface area contributed by atoms with Crippen LogP contribution in [0.5, 0.6) is 0 Å². The van der Waals surface area contributed by atoms with Crippen LogP contribution < -0.4 is 5.32 Å². The highest BCUT2D eigenvalue weighted by Gasteiger charge is 2.54. The lowest BCUT2D eigenvalue weighted by Gasteiger charge is -2.44. The summed E-state index contributed by atoms with van der Waals surface area (Å²) < 4.78 is 41.0. The third-order valence-corrected chi connectivity index (χ3v) is 6.94. The minimum absolute atomic E-state index is 0.0544. The van der Waals surface area contributed by atoms with Gasteiger partial charge in [0.1, 0.15) is 0 Å². The number of carboxylic acid groups (broad SMARTS) is 1. The maximum absolute atomic E-state index is 13.7. The Balaban J connectivity index is 1.65. The van der Waals surface area contributed by atoms with Gasteiger partial charge in [-0.25, -0.2) is 4.79 Å². The molecule has 2 aromatic rings. The molecule has 2 N–H and O–H groups in total. The summed E-state index contributed by atoms with van der Waals surface area (Å²) in [5.74, 6) is -0.0256. The summed E-state index contributed by atoms with van der Waals surface area (Å²) >= 11 is 0. The second-order valence-corrected chi connectivity index (χ2v) is 8.25. The molecular weight excluding hydrogens is 367 g/mol. The van der Waals surface area contributed by atoms with Crippen LogP contribution in [-0.4, -0.2) is 11.1 Å². The van der Waals surface area contributed by atoms with Crippen molar-refractivity contribution in [3.63, 3.8) is 0 Å². The van der Waals surface area contributed by atoms with Crippen LogP contribution >= 0.6 is 0 Å². The first-order chi connectivity index (χ1) is 13.3. The molecule has 0 aromatic heterocycles. The van der Waals surface area contributed by atoms with E-state index in [-0.39, 0.29) is 17.4 Å². The first kappa shape index (κ1) is 17.6. The minimum atomic E-state index is -4.40. The van der Waals surface area contributed by atoms with Gasteiger partial charge in [-0.3, -0.25) is 0 Å². The number of hydrogen-bond donors (Lipinski definition) is 2. The molecule has 146 valence electrons. The lowest BCUT2D eigenvalue weighted by atomic mass is 9.67. The summed E-state index contributed by atoms with van der Waals surface area (Å²) in [4.78, 5) is 11.4. The average molecular weight is 387 g/mol. The van der Waals surface area contributed by atoms with Gasteiger partial charge in [-0.1, -0.05) is 18.2 Å². The second kappa shape index (κ2) is 6.00. The number of hydrogen-bond acceptors (Lipinski definition) is 2. The van der Waals surface area contributed by atoms with Gasteiger partial charge in [0.05, 0.1) is 17.2 Å². The summed E-state index contributed by atoms with van der Waals surface area (Å²) in [7, 11) is 0. The number of benzene rings is 2. The minimum Gasteiger partial charge on any atom is -0.478 e. The number of carboxylic acids is 1. The SMILES string of the molecule is O=C(O)c1ccc2c(c1)[C@@H]1[C@H]3CC[C@@H](C3)[C@H]1[C@H](c1ccccc1C(F)(F)F)N2. The first-order valence-electron chi connectivity index (χ1n) is 9.64. The van der Waals surface area contributed by atoms with Crippen LogP contribution in [-0.2, 0) is 6.18 Å². The zero-order valence-corrected chi connectivity index (χ0v) is 15.0. The Morgan fingerprint density at radius 2 is 1.79 bits per heavy atom. The molecule has 2 saturated carbocycles. The molecule has 6 heteroatoms. The Kier molecular flexibility index (Phi) is 3.77. The maximum atomic E-state index is 13.7. The van der Waals surface area contributed by atoms with E-state index in [1.54, 1.807) is 24.3 Å². The van der Waals surface area contributed by atoms with E-state index in [2.05, 4.69) is 5.32 Å². The molecule has 2 fully saturated rings. The number of halogens is 3. The van der Waals surface area contributed by atoms with Gasteiger partial charge in [0, 0.05) is 5.69 Å². The van der Waals surface area contributed by atoms with Gasteiger partial charge in [-0.05, 0) is 78.3 Å². The highest BCUT2D eigenvalue weighted by molar-refractivity contribution is 5.88. The highest BCUT2D eigenvalue weighted by Crippen LogP contribution is 2.64. The quantitative estimate of drug-likeness (QED) is 0.695. The van der Waals surface area contributed by atoms with Gasteiger partial charge in [0.25, 0.3) is 0 Å². The van der Waals surface area contributed by atoms with Crippen molar-refractivity contribution in [2.45, 2.75) is 37.4 Å². The molecule has 0 saturated heterocycles. The van der Waals surface area contributed by atoms with Gasteiger partial charge in [0.15, 0.2) is 0 Å². The van der Waals surface area contributed by atoms with Crippen molar-refractivity contribution < 1.29 is 23.1 Å². The third-order valence-electron chi connectivity index (χ3n) is 6.94. The van der Waals surface area contributed by atoms with Crippen molar-refractivity contribution in [1.82, 2.24) is 0 Å². The van der Waals surface area contributed by atoms with Gasteiger partial charge >= 0.3 is 12.1 Å². The normalized spacial score (nSPS) is 30.5. The molecule has 5 rings (SSSR count). The second-order valence-electron chi connectivity index (χ2n) is 8.25. The number of rotatable bonds is 2. The van der Waals surface area contributed by atoms with E-state index in [1.165, 1.54) is 12.1 Å². The molecule has 3 aliphatic rings. The zero-order chi connectivity index (χ0) is 19.6. The van der Waals surface area contributed by atoms with E-state index < -0.39 is 23.8 Å². The molecule has 2 aliphatic carbocycles. The highest BCUT2D eigenvalue weighted by atomic mass is 19.4. The molecule has 0 unspecified atom stereocenters. The average Bonchev–Trinajstić information content (AvgIpc) is 3.28. The van der Waals surface area contributed by atoms with E-state index >= 15 is 0 Å². The summed E-state index contributed by atoms with van der Waals surface area (Å²) in [6.07, 6.45) is -1.29. The standard InChI is InChI=1S/C22H20F3NO2/c23-22(24,25)16-4-2-1-3-14(16)20-19-12-6-5-11(9-12)18(19)15-10-13(21(27)28)7-8-17(15)26-20/h1-4,7-8,10-12,18-20,26H,5-6,9H2,(H,27,28)/t11-,12-,18-,19+,20-/m0/s1. The maximum Gasteiger partial charge on any atom is 0.416 e. The monoisotopic (exact) mass is 387 g/mol. The Morgan fingerprint density at radius 3 is 2.54 bits per heavy atom. The number of carbonyl (C=O) groups is 1. The van der Waals surface area contributed by atoms with Crippen LogP contribution in [0.25, 0.3) is 0 Å². The van der Waals surface area contributed by atoms with Crippen molar-refractivity contribution >= 4 is 11.7 Å². The van der Waals surface area contributed by atoms with E-state index in [0.29, 0.717) is 17.4 Å². The van der Waals surface area contributed by atoms with Crippen molar-refractivity contribution in [3.8, 4) is 0 Å². The predicted octanol–water partition coefficient (Wildman–Crippen LogP) is 5.70. The molecular formula is C22H20F3NO2. The lowest BCUT2D eigenvalue weighted by Crippen LogP contribution is -2.36. The molecule has 0 amide bonds. The molecule has 2 aromatic carbocycles. The topological polar surface area (TPSA) is 49.3 Å². The Hall–Kier alpha value is -2.50. The van der Waals surface area contributed by atoms with Crippen molar-refractivity contribution in [2.75, 3.05) is 5.32 Å². The van der Waals surface area contributed by atoms with E-state index in [1.807, 2.05) is 0 Å². The van der Waals surface area contributed by atoms with E-state index in [0.717, 1.165) is 36.6 Å². The molecule has 1 heterocycles. The molecule has 5 atom stereocenters. The zero-order valence-electron chi connectivity index (χ0n) is 15.0. The van der Waals surface area contributed by atoms with Gasteiger partial charge in [-0.15, -0.1) is 0 Å². The molecule has 2 bridgehead atoms. The van der Waals surface area contributed by atoms with Crippen LogP contribution in [0.3, 0.4) is 0 Å². The number of fused-ring (bicyclic) bond motifs is 7. The summed E-state index contributed by atoms with van der Waals surface area (Å²) in [5, 5.41) is 12.7. The van der Waals surface area contributed by atoms with Crippen molar-refractivity contribution in [1.29, 1.82) is 0 Å². The summed E-state index contributed by atoms with van der Waals surface area (Å²) in [5.41, 5.74) is 1.67. The fourth-order valence-corrected chi connectivity index (χ4v) is 5.95. The van der Waals surface area contributed by atoms with Gasteiger partial charge < -0.3 is 10.4 Å². The fraction of sp³-hybridized carbons (Fsp3) is 0.409. The molecule has 0 radical (unpaired) electrons. The Morgan fingerprint density at radius 1 is 1.04 bits per heavy atom. The van der Waals surface area contributed by atoms with Gasteiger partial charge in [0.2, 0.25) is 0 Å². The molecule has 3 nitrogen and oxygen atoms in total. The number of alkyl halides is 3. The third kappa shape index (κ3) is 2.54. The smallest absolute Gasteiger partial charge is 0.416 e. The molecule has 28 heavy (non-hydrogen) atoms. The summed E-state index contributed by atoms with van der Waals surface area (Å²) in [6, 6.07) is 10.4. The van der Waals surface area contributed by atoms with Crippen LogP contribution in [0.2, 0.25) is 0 Å². The van der Waals surface area contributed by atoms with Crippen molar-refractivity contribution in [2.24, 2.45) is 17.8 Å². The van der Waals surface area contributed by atoms with Crippen LogP contribution in [0.15, 0.2) is 42.5 Å².